The molecule has 2 fully saturated rings. The third-order valence-corrected chi connectivity index (χ3v) is 5.86. The number of hydrogen-bond acceptors (Lipinski definition) is 6. The number of hydrogen-bond donors (Lipinski definition) is 2. The van der Waals surface area contributed by atoms with Gasteiger partial charge in [0.25, 0.3) is 0 Å². The molecule has 4 heterocycles. The summed E-state index contributed by atoms with van der Waals surface area (Å²) >= 11 is 0. The second-order valence-corrected chi connectivity index (χ2v) is 7.77. The van der Waals surface area contributed by atoms with Crippen LogP contribution in [0.1, 0.15) is 36.1 Å². The molecule has 0 spiro atoms. The molecule has 0 aliphatic carbocycles. The molecule has 168 valence electrons. The molecule has 4 rings (SSSR count). The molecule has 3 unspecified atom stereocenters. The van der Waals surface area contributed by atoms with Gasteiger partial charge in [-0.3, -0.25) is 29.1 Å². The first kappa shape index (κ1) is 22.9. The molecule has 0 aromatic carbocycles. The number of carboxylic acid groups (broad SMARTS) is 2. The number of rotatable bonds is 4. The molecule has 2 aromatic heterocycles. The SMILES string of the molecule is CN1C(=O)CC(C(=O)O)C1c1cccnc1.CN1C(=O)C[C@H](C(=O)O)C1c1cccnc1. The Bertz CT molecular complexity index is 918. The van der Waals surface area contributed by atoms with E-state index in [2.05, 4.69) is 9.97 Å². The van der Waals surface area contributed by atoms with Crippen molar-refractivity contribution >= 4 is 23.8 Å². The van der Waals surface area contributed by atoms with Gasteiger partial charge in [0, 0.05) is 51.7 Å². The molecular formula is C22H24N4O6. The number of carboxylic acids is 2. The molecule has 0 radical (unpaired) electrons. The highest BCUT2D eigenvalue weighted by molar-refractivity contribution is 5.87. The Morgan fingerprint density at radius 3 is 1.47 bits per heavy atom. The summed E-state index contributed by atoms with van der Waals surface area (Å²) in [6.07, 6.45) is 6.58. The maximum atomic E-state index is 11.5. The minimum atomic E-state index is -0.938. The topological polar surface area (TPSA) is 141 Å². The second kappa shape index (κ2) is 9.54. The molecule has 32 heavy (non-hydrogen) atoms. The summed E-state index contributed by atoms with van der Waals surface area (Å²) < 4.78 is 0. The lowest BCUT2D eigenvalue weighted by Gasteiger charge is -2.22. The van der Waals surface area contributed by atoms with Crippen molar-refractivity contribution in [2.24, 2.45) is 11.8 Å². The van der Waals surface area contributed by atoms with Crippen molar-refractivity contribution < 1.29 is 29.4 Å². The first-order valence-corrected chi connectivity index (χ1v) is 9.99. The molecule has 2 aromatic rings. The van der Waals surface area contributed by atoms with Crippen LogP contribution in [0.2, 0.25) is 0 Å². The van der Waals surface area contributed by atoms with Crippen LogP contribution < -0.4 is 0 Å². The average Bonchev–Trinajstić information content (AvgIpc) is 3.26. The number of nitrogens with zero attached hydrogens (tertiary/aromatic N) is 4. The van der Waals surface area contributed by atoms with Gasteiger partial charge in [-0.1, -0.05) is 12.1 Å². The van der Waals surface area contributed by atoms with Crippen LogP contribution in [0, 0.1) is 11.8 Å². The van der Waals surface area contributed by atoms with Crippen LogP contribution in [0.25, 0.3) is 0 Å². The lowest BCUT2D eigenvalue weighted by molar-refractivity contribution is -0.143. The largest absolute Gasteiger partial charge is 0.481 e. The Morgan fingerprint density at radius 1 is 0.812 bits per heavy atom. The smallest absolute Gasteiger partial charge is 0.309 e. The number of carbonyl (C=O) groups is 4. The molecule has 10 nitrogen and oxygen atoms in total. The van der Waals surface area contributed by atoms with Gasteiger partial charge in [-0.15, -0.1) is 0 Å². The van der Waals surface area contributed by atoms with Gasteiger partial charge in [0.15, 0.2) is 0 Å². The van der Waals surface area contributed by atoms with Gasteiger partial charge in [0.1, 0.15) is 0 Å². The van der Waals surface area contributed by atoms with E-state index in [-0.39, 0.29) is 24.7 Å². The third-order valence-electron chi connectivity index (χ3n) is 5.86. The highest BCUT2D eigenvalue weighted by Crippen LogP contribution is 2.37. The van der Waals surface area contributed by atoms with E-state index >= 15 is 0 Å². The number of aliphatic carboxylic acids is 2. The van der Waals surface area contributed by atoms with Crippen molar-refractivity contribution in [1.82, 2.24) is 19.8 Å². The molecular weight excluding hydrogens is 416 g/mol. The minimum Gasteiger partial charge on any atom is -0.481 e. The average molecular weight is 440 g/mol. The van der Waals surface area contributed by atoms with Crippen LogP contribution in [0.5, 0.6) is 0 Å². The van der Waals surface area contributed by atoms with E-state index in [9.17, 15) is 19.2 Å². The molecule has 0 bridgehead atoms. The van der Waals surface area contributed by atoms with Gasteiger partial charge in [0.2, 0.25) is 11.8 Å². The lowest BCUT2D eigenvalue weighted by atomic mass is 9.95. The van der Waals surface area contributed by atoms with Crippen molar-refractivity contribution in [2.75, 3.05) is 14.1 Å². The number of amides is 2. The van der Waals surface area contributed by atoms with Crippen molar-refractivity contribution in [1.29, 1.82) is 0 Å². The van der Waals surface area contributed by atoms with Gasteiger partial charge in [-0.2, -0.15) is 0 Å². The summed E-state index contributed by atoms with van der Waals surface area (Å²) in [7, 11) is 3.26. The summed E-state index contributed by atoms with van der Waals surface area (Å²) in [5, 5.41) is 18.2. The molecule has 2 saturated heterocycles. The molecule has 4 atom stereocenters. The number of pyridine rings is 2. The molecule has 10 heteroatoms. The minimum absolute atomic E-state index is 0.0609. The fraction of sp³-hybridized carbons (Fsp3) is 0.364. The first-order chi connectivity index (χ1) is 15.2. The van der Waals surface area contributed by atoms with Gasteiger partial charge in [0.05, 0.1) is 23.9 Å². The highest BCUT2D eigenvalue weighted by Gasteiger charge is 2.43. The maximum absolute atomic E-state index is 11.5. The van der Waals surface area contributed by atoms with E-state index < -0.39 is 35.9 Å². The normalized spacial score (nSPS) is 24.8. The van der Waals surface area contributed by atoms with Crippen molar-refractivity contribution in [2.45, 2.75) is 24.9 Å². The Morgan fingerprint density at radius 2 is 1.19 bits per heavy atom. The summed E-state index contributed by atoms with van der Waals surface area (Å²) in [6.45, 7) is 0. The van der Waals surface area contributed by atoms with Crippen LogP contribution in [0.15, 0.2) is 49.1 Å². The van der Waals surface area contributed by atoms with Gasteiger partial charge in [-0.25, -0.2) is 0 Å². The molecule has 0 saturated carbocycles. The highest BCUT2D eigenvalue weighted by atomic mass is 16.4. The second-order valence-electron chi connectivity index (χ2n) is 7.77. The van der Waals surface area contributed by atoms with E-state index in [1.54, 1.807) is 63.1 Å². The predicted octanol–water partition coefficient (Wildman–Crippen LogP) is 1.37. The van der Waals surface area contributed by atoms with E-state index in [0.717, 1.165) is 11.1 Å². The fourth-order valence-electron chi connectivity index (χ4n) is 4.20. The lowest BCUT2D eigenvalue weighted by Crippen LogP contribution is -2.26. The zero-order valence-electron chi connectivity index (χ0n) is 17.7. The van der Waals surface area contributed by atoms with Crippen molar-refractivity contribution in [3.8, 4) is 0 Å². The monoisotopic (exact) mass is 440 g/mol. The van der Waals surface area contributed by atoms with Crippen molar-refractivity contribution in [3.05, 3.63) is 60.2 Å². The van der Waals surface area contributed by atoms with Crippen LogP contribution in [0.4, 0.5) is 0 Å². The summed E-state index contributed by atoms with van der Waals surface area (Å²) in [5.74, 6) is -3.51. The summed E-state index contributed by atoms with van der Waals surface area (Å²) in [4.78, 5) is 56.1. The molecule has 2 aliphatic rings. The van der Waals surface area contributed by atoms with Gasteiger partial charge >= 0.3 is 11.9 Å². The van der Waals surface area contributed by atoms with Crippen LogP contribution in [0.3, 0.4) is 0 Å². The Balaban J connectivity index is 0.000000181. The Kier molecular flexibility index (Phi) is 6.82. The molecule has 2 N–H and O–H groups in total. The van der Waals surface area contributed by atoms with Gasteiger partial charge < -0.3 is 20.0 Å². The van der Waals surface area contributed by atoms with Crippen molar-refractivity contribution in [3.63, 3.8) is 0 Å². The predicted molar refractivity (Wildman–Crippen MR) is 111 cm³/mol. The summed E-state index contributed by atoms with van der Waals surface area (Å²) in [5.41, 5.74) is 1.53. The zero-order chi connectivity index (χ0) is 23.4. The quantitative estimate of drug-likeness (QED) is 0.726. The first-order valence-electron chi connectivity index (χ1n) is 9.99. The van der Waals surface area contributed by atoms with E-state index in [4.69, 9.17) is 10.2 Å². The molecule has 2 amide bonds. The molecule has 2 aliphatic heterocycles. The van der Waals surface area contributed by atoms with E-state index in [1.807, 2.05) is 0 Å². The van der Waals surface area contributed by atoms with Crippen LogP contribution in [-0.4, -0.2) is 67.8 Å². The van der Waals surface area contributed by atoms with Crippen LogP contribution >= 0.6 is 0 Å². The zero-order valence-corrected chi connectivity index (χ0v) is 17.7. The number of carbonyl (C=O) groups excluding carboxylic acids is 2. The standard InChI is InChI=1S/2C11H12N2O3/c2*1-13-9(14)5-8(11(15)16)10(13)7-3-2-4-12-6-7/h2*2-4,6,8,10H,5H2,1H3,(H,15,16)/t8-,10?;/m0./s1. The van der Waals surface area contributed by atoms with Crippen LogP contribution in [-0.2, 0) is 19.2 Å². The van der Waals surface area contributed by atoms with E-state index in [1.165, 1.54) is 9.80 Å². The number of likely N-dealkylation sites (tertiary alicyclic amines) is 2. The van der Waals surface area contributed by atoms with E-state index in [0.29, 0.717) is 0 Å². The fourth-order valence-corrected chi connectivity index (χ4v) is 4.20. The Hall–Kier alpha value is -3.82. The number of aromatic nitrogens is 2. The Labute approximate surface area is 184 Å². The maximum Gasteiger partial charge on any atom is 0.309 e. The summed E-state index contributed by atoms with van der Waals surface area (Å²) in [6, 6.07) is 6.26. The van der Waals surface area contributed by atoms with Gasteiger partial charge in [-0.05, 0) is 23.3 Å². The third kappa shape index (κ3) is 4.58.